The summed E-state index contributed by atoms with van der Waals surface area (Å²) in [5, 5.41) is 8.48. The zero-order chi connectivity index (χ0) is 20.6. The minimum Gasteiger partial charge on any atom is -0.373 e. The van der Waals surface area contributed by atoms with Crippen LogP contribution in [0.4, 0.5) is 5.69 Å². The summed E-state index contributed by atoms with van der Waals surface area (Å²) in [6, 6.07) is 17.2. The van der Waals surface area contributed by atoms with Crippen molar-refractivity contribution in [2.24, 2.45) is 0 Å². The summed E-state index contributed by atoms with van der Waals surface area (Å²) < 4.78 is 1.43. The maximum absolute atomic E-state index is 12.9. The van der Waals surface area contributed by atoms with Gasteiger partial charge in [0.15, 0.2) is 5.69 Å². The van der Waals surface area contributed by atoms with E-state index in [0.717, 1.165) is 24.9 Å². The smallest absolute Gasteiger partial charge is 0.274 e. The van der Waals surface area contributed by atoms with E-state index in [4.69, 9.17) is 0 Å². The lowest BCUT2D eigenvalue weighted by molar-refractivity contribution is 0.0949. The maximum atomic E-state index is 12.9. The highest BCUT2D eigenvalue weighted by Gasteiger charge is 2.16. The second-order valence-corrected chi connectivity index (χ2v) is 7.14. The number of fused-ring (bicyclic) bond motifs is 1. The lowest BCUT2D eigenvalue weighted by atomic mass is 10.1. The van der Waals surface area contributed by atoms with E-state index in [9.17, 15) is 9.59 Å². The number of unbranched alkanes of at least 4 members (excludes halogenated alkanes) is 2. The predicted octanol–water partition coefficient (Wildman–Crippen LogP) is 3.45. The molecule has 0 unspecified atom stereocenters. The molecule has 6 nitrogen and oxygen atoms in total. The van der Waals surface area contributed by atoms with Crippen molar-refractivity contribution < 1.29 is 4.79 Å². The molecular weight excluding hydrogens is 364 g/mol. The summed E-state index contributed by atoms with van der Waals surface area (Å²) in [4.78, 5) is 27.7. The van der Waals surface area contributed by atoms with E-state index < -0.39 is 0 Å². The third-order valence-electron chi connectivity index (χ3n) is 4.99. The van der Waals surface area contributed by atoms with Gasteiger partial charge in [-0.2, -0.15) is 5.10 Å². The van der Waals surface area contributed by atoms with Crippen LogP contribution in [-0.4, -0.2) is 35.8 Å². The van der Waals surface area contributed by atoms with Crippen molar-refractivity contribution in [3.8, 4) is 0 Å². The quantitative estimate of drug-likeness (QED) is 0.567. The van der Waals surface area contributed by atoms with Crippen LogP contribution in [0, 0.1) is 0 Å². The molecule has 3 rings (SSSR count). The van der Waals surface area contributed by atoms with Crippen molar-refractivity contribution in [1.29, 1.82) is 0 Å². The summed E-state index contributed by atoms with van der Waals surface area (Å²) in [5.41, 5.74) is 1.26. The summed E-state index contributed by atoms with van der Waals surface area (Å²) in [6.07, 6.45) is 2.95. The van der Waals surface area contributed by atoms with Gasteiger partial charge in [-0.25, -0.2) is 4.68 Å². The summed E-state index contributed by atoms with van der Waals surface area (Å²) >= 11 is 0. The first-order valence-corrected chi connectivity index (χ1v) is 10.2. The van der Waals surface area contributed by atoms with Crippen molar-refractivity contribution in [3.05, 3.63) is 70.6 Å². The molecule has 0 fully saturated rings. The van der Waals surface area contributed by atoms with Crippen molar-refractivity contribution in [2.75, 3.05) is 25.0 Å². The van der Waals surface area contributed by atoms with Gasteiger partial charge in [0.2, 0.25) is 0 Å². The minimum atomic E-state index is -0.257. The molecule has 0 saturated heterocycles. The Hall–Kier alpha value is -3.15. The Bertz CT molecular complexity index is 1010. The van der Waals surface area contributed by atoms with Crippen LogP contribution in [0.2, 0.25) is 0 Å². The Labute approximate surface area is 171 Å². The van der Waals surface area contributed by atoms with Crippen LogP contribution in [-0.2, 0) is 6.54 Å². The van der Waals surface area contributed by atoms with Crippen LogP contribution in [0.3, 0.4) is 0 Å². The van der Waals surface area contributed by atoms with Crippen LogP contribution in [0.1, 0.15) is 36.7 Å². The fourth-order valence-corrected chi connectivity index (χ4v) is 3.30. The Balaban J connectivity index is 1.76. The topological polar surface area (TPSA) is 67.2 Å². The van der Waals surface area contributed by atoms with Crippen LogP contribution in [0.5, 0.6) is 0 Å². The first-order valence-electron chi connectivity index (χ1n) is 10.2. The van der Waals surface area contributed by atoms with Gasteiger partial charge < -0.3 is 10.2 Å². The van der Waals surface area contributed by atoms with E-state index in [1.807, 2.05) is 49.5 Å². The van der Waals surface area contributed by atoms with E-state index in [1.54, 1.807) is 12.1 Å². The number of aromatic nitrogens is 2. The molecule has 2 aromatic carbocycles. The van der Waals surface area contributed by atoms with E-state index in [0.29, 0.717) is 36.1 Å². The molecule has 0 aliphatic carbocycles. The molecule has 1 aromatic heterocycles. The number of hydrogen-bond donors (Lipinski definition) is 1. The fourth-order valence-electron chi connectivity index (χ4n) is 3.30. The van der Waals surface area contributed by atoms with Gasteiger partial charge in [0.25, 0.3) is 11.5 Å². The summed E-state index contributed by atoms with van der Waals surface area (Å²) in [7, 11) is 1.99. The van der Waals surface area contributed by atoms with Crippen molar-refractivity contribution in [2.45, 2.75) is 32.7 Å². The molecule has 0 aliphatic heterocycles. The number of rotatable bonds is 9. The normalized spacial score (nSPS) is 10.8. The van der Waals surface area contributed by atoms with Crippen LogP contribution in [0.25, 0.3) is 10.8 Å². The lowest BCUT2D eigenvalue weighted by Gasteiger charge is -2.19. The predicted molar refractivity (Wildman–Crippen MR) is 118 cm³/mol. The Morgan fingerprint density at radius 2 is 1.72 bits per heavy atom. The molecule has 3 aromatic rings. The summed E-state index contributed by atoms with van der Waals surface area (Å²) in [5.74, 6) is -0.257. The van der Waals surface area contributed by atoms with E-state index in [2.05, 4.69) is 22.2 Å². The molecule has 1 amide bonds. The highest BCUT2D eigenvalue weighted by Crippen LogP contribution is 2.14. The molecule has 152 valence electrons. The summed E-state index contributed by atoms with van der Waals surface area (Å²) in [6.45, 7) is 3.79. The molecule has 0 aliphatic rings. The third-order valence-corrected chi connectivity index (χ3v) is 4.99. The lowest BCUT2D eigenvalue weighted by Crippen LogP contribution is -2.35. The monoisotopic (exact) mass is 392 g/mol. The Morgan fingerprint density at radius 1 is 1.03 bits per heavy atom. The number of anilines is 1. The van der Waals surface area contributed by atoms with E-state index in [-0.39, 0.29) is 11.5 Å². The zero-order valence-corrected chi connectivity index (χ0v) is 17.1. The molecule has 1 N–H and O–H groups in total. The number of likely N-dealkylation sites (N-methyl/N-ethyl adjacent to an activating group) is 1. The first kappa shape index (κ1) is 20.6. The zero-order valence-electron chi connectivity index (χ0n) is 17.1. The van der Waals surface area contributed by atoms with Crippen LogP contribution in [0.15, 0.2) is 59.4 Å². The molecular formula is C23H28N4O2. The number of carbonyl (C=O) groups is 1. The molecule has 0 atom stereocenters. The maximum Gasteiger partial charge on any atom is 0.274 e. The number of aryl methyl sites for hydroxylation is 1. The van der Waals surface area contributed by atoms with Crippen molar-refractivity contribution in [1.82, 2.24) is 15.1 Å². The van der Waals surface area contributed by atoms with E-state index >= 15 is 0 Å². The van der Waals surface area contributed by atoms with Crippen LogP contribution < -0.4 is 15.8 Å². The van der Waals surface area contributed by atoms with Crippen molar-refractivity contribution in [3.63, 3.8) is 0 Å². The molecule has 29 heavy (non-hydrogen) atoms. The minimum absolute atomic E-state index is 0.142. The molecule has 0 bridgehead atoms. The fraction of sp³-hybridized carbons (Fsp3) is 0.348. The molecule has 1 heterocycles. The second kappa shape index (κ2) is 9.87. The highest BCUT2D eigenvalue weighted by molar-refractivity contribution is 6.04. The van der Waals surface area contributed by atoms with Gasteiger partial charge in [0.05, 0.1) is 5.39 Å². The highest BCUT2D eigenvalue weighted by atomic mass is 16.2. The second-order valence-electron chi connectivity index (χ2n) is 7.14. The van der Waals surface area contributed by atoms with E-state index in [1.165, 1.54) is 4.68 Å². The Kier molecular flexibility index (Phi) is 7.00. The average Bonchev–Trinajstić information content (AvgIpc) is 2.76. The number of benzene rings is 2. The molecule has 6 heteroatoms. The number of hydrogen-bond acceptors (Lipinski definition) is 4. The number of carbonyl (C=O) groups excluding carboxylic acids is 1. The molecule has 0 saturated carbocycles. The van der Waals surface area contributed by atoms with Crippen LogP contribution >= 0.6 is 0 Å². The van der Waals surface area contributed by atoms with Gasteiger partial charge in [-0.05, 0) is 24.6 Å². The Morgan fingerprint density at radius 3 is 2.45 bits per heavy atom. The number of amides is 1. The van der Waals surface area contributed by atoms with Gasteiger partial charge in [0.1, 0.15) is 0 Å². The number of nitrogens with one attached hydrogen (secondary N) is 1. The molecule has 0 radical (unpaired) electrons. The van der Waals surface area contributed by atoms with Gasteiger partial charge in [-0.1, -0.05) is 56.2 Å². The number of para-hydroxylation sites is 1. The third kappa shape index (κ3) is 5.02. The van der Waals surface area contributed by atoms with Gasteiger partial charge in [-0.3, -0.25) is 9.59 Å². The average molecular weight is 393 g/mol. The van der Waals surface area contributed by atoms with Gasteiger partial charge in [-0.15, -0.1) is 0 Å². The first-order chi connectivity index (χ1) is 14.1. The SMILES string of the molecule is CCCCCn1nc(C(=O)NCCN(C)c2ccccc2)c2ccccc2c1=O. The van der Waals surface area contributed by atoms with Crippen molar-refractivity contribution >= 4 is 22.4 Å². The number of nitrogens with zero attached hydrogens (tertiary/aromatic N) is 3. The largest absolute Gasteiger partial charge is 0.373 e. The van der Waals surface area contributed by atoms with Gasteiger partial charge in [0, 0.05) is 37.8 Å². The van der Waals surface area contributed by atoms with Gasteiger partial charge >= 0.3 is 0 Å². The molecule has 0 spiro atoms. The standard InChI is InChI=1S/C23H28N4O2/c1-3-4-10-16-27-23(29)20-14-9-8-13-19(20)21(25-27)22(28)24-15-17-26(2)18-11-6-5-7-12-18/h5-9,11-14H,3-4,10,15-17H2,1-2H3,(H,24,28).